The lowest BCUT2D eigenvalue weighted by Gasteiger charge is -2.26. The third-order valence-electron chi connectivity index (χ3n) is 3.85. The van der Waals surface area contributed by atoms with Crippen molar-refractivity contribution in [2.45, 2.75) is 38.1 Å². The summed E-state index contributed by atoms with van der Waals surface area (Å²) in [5.41, 5.74) is 0. The minimum absolute atomic E-state index is 0.253. The molecule has 0 saturated heterocycles. The van der Waals surface area contributed by atoms with E-state index in [1.807, 2.05) is 0 Å². The Kier molecular flexibility index (Phi) is 3.89. The van der Waals surface area contributed by atoms with Gasteiger partial charge in [0.15, 0.2) is 0 Å². The molecule has 0 aromatic heterocycles. The van der Waals surface area contributed by atoms with E-state index in [0.717, 1.165) is 12.8 Å². The molecule has 1 heterocycles. The summed E-state index contributed by atoms with van der Waals surface area (Å²) in [6.07, 6.45) is 6.45. The molecule has 1 fully saturated rings. The molecule has 0 bridgehead atoms. The van der Waals surface area contributed by atoms with Crippen LogP contribution in [0.3, 0.4) is 0 Å². The summed E-state index contributed by atoms with van der Waals surface area (Å²) in [7, 11) is 1.50. The van der Waals surface area contributed by atoms with E-state index in [4.69, 9.17) is 4.74 Å². The first-order valence-corrected chi connectivity index (χ1v) is 6.39. The molecule has 0 spiro atoms. The number of carboxylic acids is 1. The van der Waals surface area contributed by atoms with Crippen LogP contribution in [0.25, 0.3) is 0 Å². The number of carboxylic acid groups (broad SMARTS) is 1. The van der Waals surface area contributed by atoms with Crippen molar-refractivity contribution in [2.75, 3.05) is 13.7 Å². The van der Waals surface area contributed by atoms with Crippen LogP contribution in [0.5, 0.6) is 0 Å². The SMILES string of the molecule is COC1=CC(=O)N([C@@H](CC2CCCC2)C(=O)O)C1. The highest BCUT2D eigenvalue weighted by atomic mass is 16.5. The van der Waals surface area contributed by atoms with Gasteiger partial charge in [0.25, 0.3) is 5.91 Å². The predicted octanol–water partition coefficient (Wildman–Crippen LogP) is 1.39. The lowest BCUT2D eigenvalue weighted by Crippen LogP contribution is -2.43. The van der Waals surface area contributed by atoms with Crippen LogP contribution in [-0.2, 0) is 14.3 Å². The summed E-state index contributed by atoms with van der Waals surface area (Å²) >= 11 is 0. The second-order valence-electron chi connectivity index (χ2n) is 5.02. The van der Waals surface area contributed by atoms with Crippen LogP contribution in [0.1, 0.15) is 32.1 Å². The van der Waals surface area contributed by atoms with Crippen molar-refractivity contribution in [3.8, 4) is 0 Å². The number of rotatable bonds is 5. The summed E-state index contributed by atoms with van der Waals surface area (Å²) in [6.45, 7) is 0.277. The number of carbonyl (C=O) groups is 2. The van der Waals surface area contributed by atoms with Crippen molar-refractivity contribution in [1.82, 2.24) is 4.90 Å². The van der Waals surface area contributed by atoms with Gasteiger partial charge in [-0.1, -0.05) is 25.7 Å². The molecular weight excluding hydrogens is 234 g/mol. The van der Waals surface area contributed by atoms with E-state index in [1.54, 1.807) is 0 Å². The van der Waals surface area contributed by atoms with E-state index in [-0.39, 0.29) is 12.5 Å². The molecule has 1 amide bonds. The number of hydrogen-bond donors (Lipinski definition) is 1. The first-order chi connectivity index (χ1) is 8.61. The van der Waals surface area contributed by atoms with Crippen molar-refractivity contribution < 1.29 is 19.4 Å². The smallest absolute Gasteiger partial charge is 0.326 e. The summed E-state index contributed by atoms with van der Waals surface area (Å²) in [5.74, 6) is -0.193. The fourth-order valence-electron chi connectivity index (χ4n) is 2.82. The van der Waals surface area contributed by atoms with Crippen molar-refractivity contribution >= 4 is 11.9 Å². The molecule has 5 heteroatoms. The monoisotopic (exact) mass is 253 g/mol. The molecule has 2 aliphatic rings. The van der Waals surface area contributed by atoms with Crippen molar-refractivity contribution in [3.63, 3.8) is 0 Å². The van der Waals surface area contributed by atoms with Gasteiger partial charge >= 0.3 is 5.97 Å². The van der Waals surface area contributed by atoms with E-state index in [1.165, 1.54) is 30.9 Å². The van der Waals surface area contributed by atoms with E-state index in [0.29, 0.717) is 18.1 Å². The summed E-state index contributed by atoms with van der Waals surface area (Å²) < 4.78 is 5.02. The maximum atomic E-state index is 11.8. The van der Waals surface area contributed by atoms with Gasteiger partial charge in [-0.2, -0.15) is 0 Å². The lowest BCUT2D eigenvalue weighted by atomic mass is 9.97. The number of hydrogen-bond acceptors (Lipinski definition) is 3. The number of carbonyl (C=O) groups excluding carboxylic acids is 1. The second kappa shape index (κ2) is 5.42. The van der Waals surface area contributed by atoms with E-state index in [2.05, 4.69) is 0 Å². The van der Waals surface area contributed by atoms with Crippen LogP contribution in [0.2, 0.25) is 0 Å². The van der Waals surface area contributed by atoms with Gasteiger partial charge in [-0.25, -0.2) is 4.79 Å². The average Bonchev–Trinajstić information content (AvgIpc) is 2.95. The van der Waals surface area contributed by atoms with Gasteiger partial charge < -0.3 is 14.7 Å². The lowest BCUT2D eigenvalue weighted by molar-refractivity contribution is -0.148. The second-order valence-corrected chi connectivity index (χ2v) is 5.02. The van der Waals surface area contributed by atoms with Crippen LogP contribution >= 0.6 is 0 Å². The standard InChI is InChI=1S/C13H19NO4/c1-18-10-7-12(15)14(8-10)11(13(16)17)6-9-4-2-3-5-9/h7,9,11H,2-6,8H2,1H3,(H,16,17)/t11-/m0/s1. The molecule has 1 atom stereocenters. The first kappa shape index (κ1) is 12.9. The summed E-state index contributed by atoms with van der Waals surface area (Å²) in [6, 6.07) is -0.718. The van der Waals surface area contributed by atoms with E-state index in [9.17, 15) is 14.7 Å². The van der Waals surface area contributed by atoms with Gasteiger partial charge in [-0.3, -0.25) is 4.79 Å². The van der Waals surface area contributed by atoms with Crippen molar-refractivity contribution in [2.24, 2.45) is 5.92 Å². The van der Waals surface area contributed by atoms with Crippen LogP contribution in [-0.4, -0.2) is 41.6 Å². The Morgan fingerprint density at radius 2 is 2.22 bits per heavy atom. The van der Waals surface area contributed by atoms with Crippen LogP contribution in [0.4, 0.5) is 0 Å². The van der Waals surface area contributed by atoms with Gasteiger partial charge in [-0.15, -0.1) is 0 Å². The Bertz CT molecular complexity index is 371. The molecule has 0 aromatic rings. The molecule has 1 N–H and O–H groups in total. The maximum Gasteiger partial charge on any atom is 0.326 e. The molecule has 0 unspecified atom stereocenters. The third-order valence-corrected chi connectivity index (χ3v) is 3.85. The fourth-order valence-corrected chi connectivity index (χ4v) is 2.82. The molecule has 1 aliphatic carbocycles. The Morgan fingerprint density at radius 3 is 2.72 bits per heavy atom. The zero-order chi connectivity index (χ0) is 13.1. The minimum Gasteiger partial charge on any atom is -0.499 e. The molecule has 1 aliphatic heterocycles. The van der Waals surface area contributed by atoms with Gasteiger partial charge in [0, 0.05) is 6.08 Å². The Hall–Kier alpha value is -1.52. The van der Waals surface area contributed by atoms with Crippen LogP contribution in [0.15, 0.2) is 11.8 Å². The first-order valence-electron chi connectivity index (χ1n) is 6.39. The van der Waals surface area contributed by atoms with Gasteiger partial charge in [0.2, 0.25) is 0 Å². The number of aliphatic carboxylic acids is 1. The number of nitrogens with zero attached hydrogens (tertiary/aromatic N) is 1. The molecule has 18 heavy (non-hydrogen) atoms. The van der Waals surface area contributed by atoms with Gasteiger partial charge in [0.1, 0.15) is 11.8 Å². The molecule has 0 radical (unpaired) electrons. The molecule has 2 rings (SSSR count). The van der Waals surface area contributed by atoms with Crippen LogP contribution in [0, 0.1) is 5.92 Å². The number of ether oxygens (including phenoxy) is 1. The van der Waals surface area contributed by atoms with Crippen LogP contribution < -0.4 is 0 Å². The highest BCUT2D eigenvalue weighted by Gasteiger charge is 2.35. The topological polar surface area (TPSA) is 66.8 Å². The largest absolute Gasteiger partial charge is 0.499 e. The predicted molar refractivity (Wildman–Crippen MR) is 64.8 cm³/mol. The zero-order valence-corrected chi connectivity index (χ0v) is 10.6. The number of amides is 1. The third kappa shape index (κ3) is 2.66. The minimum atomic E-state index is -0.916. The number of methoxy groups -OCH3 is 1. The van der Waals surface area contributed by atoms with Gasteiger partial charge in [-0.05, 0) is 12.3 Å². The summed E-state index contributed by atoms with van der Waals surface area (Å²) in [4.78, 5) is 24.5. The van der Waals surface area contributed by atoms with E-state index >= 15 is 0 Å². The molecule has 0 aromatic carbocycles. The fraction of sp³-hybridized carbons (Fsp3) is 0.692. The van der Waals surface area contributed by atoms with E-state index < -0.39 is 12.0 Å². The highest BCUT2D eigenvalue weighted by Crippen LogP contribution is 2.31. The van der Waals surface area contributed by atoms with Crippen molar-refractivity contribution in [3.05, 3.63) is 11.8 Å². The molecule has 5 nitrogen and oxygen atoms in total. The Labute approximate surface area is 106 Å². The van der Waals surface area contributed by atoms with Crippen molar-refractivity contribution in [1.29, 1.82) is 0 Å². The normalized spacial score (nSPS) is 22.2. The molecule has 1 saturated carbocycles. The van der Waals surface area contributed by atoms with Gasteiger partial charge in [0.05, 0.1) is 13.7 Å². The Balaban J connectivity index is 2.02. The zero-order valence-electron chi connectivity index (χ0n) is 10.6. The molecule has 100 valence electrons. The maximum absolute atomic E-state index is 11.8. The highest BCUT2D eigenvalue weighted by molar-refractivity contribution is 5.94. The average molecular weight is 253 g/mol. The Morgan fingerprint density at radius 1 is 1.56 bits per heavy atom. The quantitative estimate of drug-likeness (QED) is 0.804. The summed E-state index contributed by atoms with van der Waals surface area (Å²) in [5, 5.41) is 9.31. The molecular formula is C13H19NO4.